The summed E-state index contributed by atoms with van der Waals surface area (Å²) in [4.78, 5) is 23.0. The third kappa shape index (κ3) is 7.71. The number of hydrogen-bond donors (Lipinski definition) is 0. The maximum absolute atomic E-state index is 4.65. The van der Waals surface area contributed by atoms with Crippen LogP contribution in [-0.2, 0) is 0 Å². The highest BCUT2D eigenvalue weighted by atomic mass is 15.2. The zero-order valence-electron chi connectivity index (χ0n) is 31.3. The minimum Gasteiger partial charge on any atom is -0.292 e. The van der Waals surface area contributed by atoms with Gasteiger partial charge >= 0.3 is 0 Å². The third-order valence-corrected chi connectivity index (χ3v) is 10.6. The fraction of sp³-hybridized carbons (Fsp3) is 0.261. The second kappa shape index (κ2) is 16.5. The summed E-state index contributed by atoms with van der Waals surface area (Å²) in [6, 6.07) is 20.3. The Morgan fingerprint density at radius 2 is 0.911 bits per heavy atom. The van der Waals surface area contributed by atoms with Gasteiger partial charge in [-0.3, -0.25) is 19.8 Å². The normalized spacial score (nSPS) is 14.9. The van der Waals surface area contributed by atoms with Crippen molar-refractivity contribution >= 4 is 33.1 Å². The van der Waals surface area contributed by atoms with Crippen LogP contribution in [0.25, 0.3) is 55.4 Å². The number of fused-ring (bicyclic) bond motifs is 4. The Kier molecular flexibility index (Phi) is 10.4. The summed E-state index contributed by atoms with van der Waals surface area (Å²) in [6.07, 6.45) is 22.8. The van der Waals surface area contributed by atoms with Crippen LogP contribution < -0.4 is 0 Å². The van der Waals surface area contributed by atoms with E-state index in [1.807, 2.05) is 107 Å². The van der Waals surface area contributed by atoms with Gasteiger partial charge in [0.25, 0.3) is 0 Å². The van der Waals surface area contributed by atoms with Crippen LogP contribution in [-0.4, -0.2) is 88.2 Å². The minimum atomic E-state index is 0.825. The highest BCUT2D eigenvalue weighted by Gasteiger charge is 2.14. The van der Waals surface area contributed by atoms with Crippen molar-refractivity contribution in [2.75, 3.05) is 39.3 Å². The Labute approximate surface area is 326 Å². The van der Waals surface area contributed by atoms with Crippen molar-refractivity contribution in [2.45, 2.75) is 38.5 Å². The molecule has 0 bridgehead atoms. The first kappa shape index (κ1) is 35.3. The van der Waals surface area contributed by atoms with E-state index < -0.39 is 0 Å². The van der Waals surface area contributed by atoms with E-state index in [1.165, 1.54) is 38.5 Å². The SMILES string of the molecule is C(#Cc1cnc2c(-c3ccnc4ccccc34)cnn2c1)CN1CCCCC1.C(#Cc1cnc2c(-c3ccnc4ccccc34)cnn2c1)CN1CCCCC1. The smallest absolute Gasteiger partial charge is 0.162 e. The summed E-state index contributed by atoms with van der Waals surface area (Å²) in [6.45, 7) is 6.29. The summed E-state index contributed by atoms with van der Waals surface area (Å²) in [5, 5.41) is 11.2. The van der Waals surface area contributed by atoms with Gasteiger partial charge in [0.2, 0.25) is 0 Å². The molecule has 2 aromatic carbocycles. The van der Waals surface area contributed by atoms with E-state index in [4.69, 9.17) is 0 Å². The molecule has 2 aliphatic heterocycles. The quantitative estimate of drug-likeness (QED) is 0.171. The molecule has 8 heterocycles. The Morgan fingerprint density at radius 3 is 1.38 bits per heavy atom. The van der Waals surface area contributed by atoms with Gasteiger partial charge in [-0.05, 0) is 87.3 Å². The maximum atomic E-state index is 4.65. The fourth-order valence-electron chi connectivity index (χ4n) is 7.66. The summed E-state index contributed by atoms with van der Waals surface area (Å²) in [7, 11) is 0. The van der Waals surface area contributed by atoms with Gasteiger partial charge in [-0.1, -0.05) is 72.9 Å². The lowest BCUT2D eigenvalue weighted by Crippen LogP contribution is -2.29. The summed E-state index contributed by atoms with van der Waals surface area (Å²) >= 11 is 0. The number of benzene rings is 2. The number of para-hydroxylation sites is 2. The predicted octanol–water partition coefficient (Wildman–Crippen LogP) is 7.56. The average Bonchev–Trinajstić information content (AvgIpc) is 3.88. The molecule has 0 aliphatic carbocycles. The predicted molar refractivity (Wildman–Crippen MR) is 222 cm³/mol. The lowest BCUT2D eigenvalue weighted by molar-refractivity contribution is 0.255. The van der Waals surface area contributed by atoms with Crippen LogP contribution in [0.1, 0.15) is 49.7 Å². The molecule has 10 heteroatoms. The molecule has 0 N–H and O–H groups in total. The second-order valence-corrected chi connectivity index (χ2v) is 14.4. The fourth-order valence-corrected chi connectivity index (χ4v) is 7.66. The molecule has 10 nitrogen and oxygen atoms in total. The zero-order chi connectivity index (χ0) is 37.5. The zero-order valence-corrected chi connectivity index (χ0v) is 31.3. The van der Waals surface area contributed by atoms with Crippen molar-refractivity contribution in [2.24, 2.45) is 0 Å². The number of rotatable bonds is 4. The molecule has 0 unspecified atom stereocenters. The molecular weight excluding hydrogens is 693 g/mol. The number of nitrogens with zero attached hydrogens (tertiary/aromatic N) is 10. The van der Waals surface area contributed by atoms with E-state index in [1.54, 1.807) is 0 Å². The number of aromatic nitrogens is 8. The number of hydrogen-bond acceptors (Lipinski definition) is 8. The van der Waals surface area contributed by atoms with Crippen molar-refractivity contribution in [3.63, 3.8) is 0 Å². The van der Waals surface area contributed by atoms with Crippen molar-refractivity contribution < 1.29 is 0 Å². The van der Waals surface area contributed by atoms with Crippen LogP contribution >= 0.6 is 0 Å². The van der Waals surface area contributed by atoms with E-state index in [0.29, 0.717) is 0 Å². The van der Waals surface area contributed by atoms with Gasteiger partial charge in [0.1, 0.15) is 0 Å². The van der Waals surface area contributed by atoms with Gasteiger partial charge in [0.15, 0.2) is 11.3 Å². The summed E-state index contributed by atoms with van der Waals surface area (Å²) < 4.78 is 3.63. The largest absolute Gasteiger partial charge is 0.292 e. The molecule has 56 heavy (non-hydrogen) atoms. The number of likely N-dealkylation sites (tertiary alicyclic amines) is 2. The first-order valence-electron chi connectivity index (χ1n) is 19.5. The standard InChI is InChI=1S/2C23H21N5/c2*1-4-12-27(13-5-1)14-6-7-18-15-25-23-21(16-26-28(23)17-18)19-10-11-24-22-9-3-2-8-20(19)22/h2*2-3,8-11,15-17H,1,4-5,12-14H2. The highest BCUT2D eigenvalue weighted by molar-refractivity contribution is 5.98. The maximum Gasteiger partial charge on any atom is 0.162 e. The topological polar surface area (TPSA) is 92.6 Å². The van der Waals surface area contributed by atoms with Gasteiger partial charge in [0.05, 0.1) is 47.6 Å². The third-order valence-electron chi connectivity index (χ3n) is 10.6. The van der Waals surface area contributed by atoms with E-state index in [2.05, 4.69) is 75.7 Å². The molecule has 2 saturated heterocycles. The first-order chi connectivity index (χ1) is 27.8. The van der Waals surface area contributed by atoms with Crippen LogP contribution in [0.2, 0.25) is 0 Å². The van der Waals surface area contributed by atoms with Crippen LogP contribution in [0.15, 0.2) is 110 Å². The van der Waals surface area contributed by atoms with Crippen LogP contribution in [0.5, 0.6) is 0 Å². The van der Waals surface area contributed by atoms with Gasteiger partial charge in [-0.15, -0.1) is 0 Å². The van der Waals surface area contributed by atoms with E-state index in [0.717, 1.165) is 106 Å². The summed E-state index contributed by atoms with van der Waals surface area (Å²) in [5.41, 5.74) is 9.58. The van der Waals surface area contributed by atoms with Gasteiger partial charge in [-0.2, -0.15) is 10.2 Å². The van der Waals surface area contributed by atoms with Crippen LogP contribution in [0.4, 0.5) is 0 Å². The molecule has 2 fully saturated rings. The van der Waals surface area contributed by atoms with Gasteiger partial charge in [0, 0.05) is 59.1 Å². The summed E-state index contributed by atoms with van der Waals surface area (Å²) in [5.74, 6) is 13.0. The molecule has 2 aliphatic rings. The molecule has 0 spiro atoms. The molecule has 0 saturated carbocycles. The molecule has 6 aromatic heterocycles. The number of piperidine rings is 2. The van der Waals surface area contributed by atoms with Gasteiger partial charge < -0.3 is 0 Å². The second-order valence-electron chi connectivity index (χ2n) is 14.4. The molecule has 0 amide bonds. The average molecular weight is 735 g/mol. The van der Waals surface area contributed by atoms with Crippen molar-refractivity contribution in [1.29, 1.82) is 0 Å². The van der Waals surface area contributed by atoms with E-state index >= 15 is 0 Å². The van der Waals surface area contributed by atoms with Crippen LogP contribution in [0.3, 0.4) is 0 Å². The minimum absolute atomic E-state index is 0.825. The monoisotopic (exact) mass is 734 g/mol. The lowest BCUT2D eigenvalue weighted by Gasteiger charge is -2.23. The van der Waals surface area contributed by atoms with Crippen molar-refractivity contribution in [3.8, 4) is 45.9 Å². The Hall–Kier alpha value is -6.46. The lowest BCUT2D eigenvalue weighted by atomic mass is 10.0. The van der Waals surface area contributed by atoms with Gasteiger partial charge in [-0.25, -0.2) is 19.0 Å². The van der Waals surface area contributed by atoms with E-state index in [9.17, 15) is 0 Å². The van der Waals surface area contributed by atoms with E-state index in [-0.39, 0.29) is 0 Å². The Balaban J connectivity index is 0.000000146. The van der Waals surface area contributed by atoms with Crippen molar-refractivity contribution in [1.82, 2.24) is 49.0 Å². The molecule has 0 radical (unpaired) electrons. The highest BCUT2D eigenvalue weighted by Crippen LogP contribution is 2.31. The molecular formula is C46H42N10. The number of pyridine rings is 2. The molecule has 0 atom stereocenters. The molecule has 8 aromatic rings. The van der Waals surface area contributed by atoms with Crippen molar-refractivity contribution in [3.05, 3.63) is 121 Å². The Bertz CT molecular complexity index is 2560. The van der Waals surface area contributed by atoms with Crippen LogP contribution in [0, 0.1) is 23.7 Å². The first-order valence-corrected chi connectivity index (χ1v) is 19.5. The Morgan fingerprint density at radius 1 is 0.464 bits per heavy atom. The molecule has 276 valence electrons. The molecule has 10 rings (SSSR count).